The number of nitrogens with zero attached hydrogens (tertiary/aromatic N) is 2. The molecule has 0 unspecified atom stereocenters. The van der Waals surface area contributed by atoms with E-state index in [4.69, 9.17) is 0 Å². The number of rotatable bonds is 5. The number of ether oxygens (including phenoxy) is 1. The second kappa shape index (κ2) is 6.96. The van der Waals surface area contributed by atoms with Gasteiger partial charge < -0.3 is 15.0 Å². The molecule has 8 heteroatoms. The zero-order valence-corrected chi connectivity index (χ0v) is 13.8. The highest BCUT2D eigenvalue weighted by atomic mass is 32.1. The van der Waals surface area contributed by atoms with E-state index < -0.39 is 11.8 Å². The number of benzene rings is 1. The number of methoxy groups -OCH3 is 1. The van der Waals surface area contributed by atoms with Crippen molar-refractivity contribution in [1.82, 2.24) is 9.88 Å². The van der Waals surface area contributed by atoms with Crippen LogP contribution in [0.3, 0.4) is 0 Å². The van der Waals surface area contributed by atoms with Gasteiger partial charge in [0.1, 0.15) is 10.8 Å². The van der Waals surface area contributed by atoms with Crippen molar-refractivity contribution >= 4 is 29.0 Å². The van der Waals surface area contributed by atoms with Crippen molar-refractivity contribution in [3.8, 4) is 0 Å². The Balaban J connectivity index is 1.69. The minimum absolute atomic E-state index is 0.143. The average Bonchev–Trinajstić information content (AvgIpc) is 3.29. The van der Waals surface area contributed by atoms with Crippen molar-refractivity contribution in [3.05, 3.63) is 46.2 Å². The second-order valence-electron chi connectivity index (χ2n) is 5.42. The van der Waals surface area contributed by atoms with Crippen LogP contribution in [0.25, 0.3) is 0 Å². The van der Waals surface area contributed by atoms with Crippen molar-refractivity contribution in [2.24, 2.45) is 0 Å². The number of carbonyl (C=O) groups is 2. The maximum atomic E-state index is 13.2. The molecule has 0 atom stereocenters. The maximum absolute atomic E-state index is 13.2. The van der Waals surface area contributed by atoms with Crippen LogP contribution in [-0.2, 0) is 11.3 Å². The molecular formula is C16H16FN3O3S. The molecule has 1 heterocycles. The molecule has 0 spiro atoms. The number of thiazole rings is 1. The standard InChI is InChI=1S/C16H16FN3O3S/c1-23-15(21)13-9-24-14(19-13)8-20(12-5-6-12)16(22)18-11-4-2-3-10(17)7-11/h2-4,7,9,12H,5-6,8H2,1H3,(H,18,22). The predicted octanol–water partition coefficient (Wildman–Crippen LogP) is 3.27. The maximum Gasteiger partial charge on any atom is 0.357 e. The molecule has 1 aliphatic carbocycles. The fourth-order valence-electron chi connectivity index (χ4n) is 2.24. The van der Waals surface area contributed by atoms with Crippen LogP contribution in [0, 0.1) is 5.82 Å². The molecule has 6 nitrogen and oxygen atoms in total. The van der Waals surface area contributed by atoms with Crippen LogP contribution in [0.5, 0.6) is 0 Å². The molecule has 0 radical (unpaired) electrons. The molecule has 24 heavy (non-hydrogen) atoms. The third-order valence-electron chi connectivity index (χ3n) is 3.58. The first-order valence-electron chi connectivity index (χ1n) is 7.42. The lowest BCUT2D eigenvalue weighted by atomic mass is 10.3. The Labute approximate surface area is 142 Å². The van der Waals surface area contributed by atoms with Crippen LogP contribution in [0.4, 0.5) is 14.9 Å². The molecule has 2 amide bonds. The molecule has 0 aliphatic heterocycles. The van der Waals surface area contributed by atoms with Crippen LogP contribution >= 0.6 is 11.3 Å². The highest BCUT2D eigenvalue weighted by molar-refractivity contribution is 7.09. The van der Waals surface area contributed by atoms with E-state index in [0.717, 1.165) is 12.8 Å². The van der Waals surface area contributed by atoms with E-state index in [1.807, 2.05) is 0 Å². The number of hydrogen-bond acceptors (Lipinski definition) is 5. The van der Waals surface area contributed by atoms with Gasteiger partial charge >= 0.3 is 12.0 Å². The van der Waals surface area contributed by atoms with E-state index in [1.165, 1.54) is 36.6 Å². The van der Waals surface area contributed by atoms with Gasteiger partial charge in [0.05, 0.1) is 13.7 Å². The molecule has 1 aromatic carbocycles. The van der Waals surface area contributed by atoms with Gasteiger partial charge in [-0.3, -0.25) is 0 Å². The molecule has 2 aromatic rings. The first kappa shape index (κ1) is 16.4. The number of anilines is 1. The fourth-order valence-corrected chi connectivity index (χ4v) is 3.00. The van der Waals surface area contributed by atoms with Gasteiger partial charge in [0.25, 0.3) is 0 Å². The first-order valence-corrected chi connectivity index (χ1v) is 8.30. The van der Waals surface area contributed by atoms with E-state index in [1.54, 1.807) is 16.3 Å². The summed E-state index contributed by atoms with van der Waals surface area (Å²) >= 11 is 1.30. The summed E-state index contributed by atoms with van der Waals surface area (Å²) in [5, 5.41) is 4.95. The minimum Gasteiger partial charge on any atom is -0.464 e. The Morgan fingerprint density at radius 2 is 2.25 bits per heavy atom. The molecular weight excluding hydrogens is 333 g/mol. The number of halogens is 1. The summed E-state index contributed by atoms with van der Waals surface area (Å²) in [7, 11) is 1.30. The molecule has 1 aromatic heterocycles. The van der Waals surface area contributed by atoms with Crippen molar-refractivity contribution in [2.75, 3.05) is 12.4 Å². The summed E-state index contributed by atoms with van der Waals surface area (Å²) in [6.07, 6.45) is 1.84. The zero-order valence-electron chi connectivity index (χ0n) is 13.0. The number of aromatic nitrogens is 1. The van der Waals surface area contributed by atoms with E-state index >= 15 is 0 Å². The topological polar surface area (TPSA) is 71.5 Å². The molecule has 0 saturated heterocycles. The van der Waals surface area contributed by atoms with Crippen LogP contribution < -0.4 is 5.32 Å². The lowest BCUT2D eigenvalue weighted by Crippen LogP contribution is -2.36. The summed E-state index contributed by atoms with van der Waals surface area (Å²) in [5.74, 6) is -0.909. The summed E-state index contributed by atoms with van der Waals surface area (Å²) in [6.45, 7) is 0.299. The van der Waals surface area contributed by atoms with Crippen molar-refractivity contribution < 1.29 is 18.7 Å². The summed E-state index contributed by atoms with van der Waals surface area (Å²) in [6, 6.07) is 5.59. The van der Waals surface area contributed by atoms with Gasteiger partial charge in [-0.2, -0.15) is 0 Å². The van der Waals surface area contributed by atoms with Gasteiger partial charge in [-0.15, -0.1) is 11.3 Å². The van der Waals surface area contributed by atoms with E-state index in [0.29, 0.717) is 17.2 Å². The fraction of sp³-hybridized carbons (Fsp3) is 0.312. The monoisotopic (exact) mass is 349 g/mol. The van der Waals surface area contributed by atoms with Gasteiger partial charge in [-0.25, -0.2) is 19.0 Å². The molecule has 1 saturated carbocycles. The molecule has 126 valence electrons. The lowest BCUT2D eigenvalue weighted by molar-refractivity contribution is 0.0594. The molecule has 1 fully saturated rings. The molecule has 1 N–H and O–H groups in total. The SMILES string of the molecule is COC(=O)c1csc(CN(C(=O)Nc2cccc(F)c2)C2CC2)n1. The number of esters is 1. The molecule has 0 bridgehead atoms. The number of carbonyl (C=O) groups excluding carboxylic acids is 2. The third-order valence-corrected chi connectivity index (χ3v) is 4.41. The van der Waals surface area contributed by atoms with Crippen LogP contribution in [0.2, 0.25) is 0 Å². The quantitative estimate of drug-likeness (QED) is 0.841. The van der Waals surface area contributed by atoms with E-state index in [2.05, 4.69) is 15.0 Å². The third kappa shape index (κ3) is 3.88. The lowest BCUT2D eigenvalue weighted by Gasteiger charge is -2.21. The summed E-state index contributed by atoms with van der Waals surface area (Å²) in [5.41, 5.74) is 0.638. The zero-order chi connectivity index (χ0) is 17.1. The Morgan fingerprint density at radius 3 is 2.92 bits per heavy atom. The van der Waals surface area contributed by atoms with Gasteiger partial charge in [-0.1, -0.05) is 6.07 Å². The van der Waals surface area contributed by atoms with Crippen LogP contribution in [0.1, 0.15) is 28.3 Å². The molecule has 1 aliphatic rings. The Kier molecular flexibility index (Phi) is 4.75. The van der Waals surface area contributed by atoms with E-state index in [-0.39, 0.29) is 17.8 Å². The highest BCUT2D eigenvalue weighted by Gasteiger charge is 2.33. The van der Waals surface area contributed by atoms with Crippen molar-refractivity contribution in [3.63, 3.8) is 0 Å². The number of amides is 2. The highest BCUT2D eigenvalue weighted by Crippen LogP contribution is 2.29. The second-order valence-corrected chi connectivity index (χ2v) is 6.36. The summed E-state index contributed by atoms with van der Waals surface area (Å²) < 4.78 is 17.9. The van der Waals surface area contributed by atoms with Gasteiger partial charge in [0, 0.05) is 17.1 Å². The van der Waals surface area contributed by atoms with Crippen LogP contribution in [0.15, 0.2) is 29.6 Å². The van der Waals surface area contributed by atoms with Gasteiger partial charge in [-0.05, 0) is 31.0 Å². The minimum atomic E-state index is -0.500. The van der Waals surface area contributed by atoms with E-state index in [9.17, 15) is 14.0 Å². The smallest absolute Gasteiger partial charge is 0.357 e. The average molecular weight is 349 g/mol. The first-order chi connectivity index (χ1) is 11.6. The Hall–Kier alpha value is -2.48. The number of nitrogens with one attached hydrogen (secondary N) is 1. The summed E-state index contributed by atoms with van der Waals surface area (Å²) in [4.78, 5) is 29.8. The van der Waals surface area contributed by atoms with Gasteiger partial charge in [0.15, 0.2) is 5.69 Å². The normalized spacial score (nSPS) is 13.4. The largest absolute Gasteiger partial charge is 0.464 e. The number of urea groups is 1. The Bertz CT molecular complexity index is 761. The molecule has 3 rings (SSSR count). The van der Waals surface area contributed by atoms with Crippen molar-refractivity contribution in [2.45, 2.75) is 25.4 Å². The predicted molar refractivity (Wildman–Crippen MR) is 87.4 cm³/mol. The van der Waals surface area contributed by atoms with Crippen LogP contribution in [-0.4, -0.2) is 35.0 Å². The van der Waals surface area contributed by atoms with Crippen molar-refractivity contribution in [1.29, 1.82) is 0 Å². The Morgan fingerprint density at radius 1 is 1.46 bits per heavy atom. The van der Waals surface area contributed by atoms with Gasteiger partial charge in [0.2, 0.25) is 0 Å². The number of hydrogen-bond donors (Lipinski definition) is 1.